The van der Waals surface area contributed by atoms with Crippen molar-refractivity contribution in [3.63, 3.8) is 0 Å². The minimum atomic E-state index is -0.735. The van der Waals surface area contributed by atoms with Gasteiger partial charge in [-0.15, -0.1) is 11.3 Å². The molecule has 3 N–H and O–H groups in total. The second-order valence-electron chi connectivity index (χ2n) is 6.79. The number of nitrogens with two attached hydrogens (primary N) is 1. The maximum atomic E-state index is 12.2. The lowest BCUT2D eigenvalue weighted by molar-refractivity contribution is -0.704. The van der Waals surface area contributed by atoms with Crippen LogP contribution in [-0.2, 0) is 16.0 Å². The SMILES string of the molecule is COC(=O)NC(=O)[C@H](C)[NH2+][C@@H](c1ccc(CC(C)C)cc1)c1cccs1. The minimum absolute atomic E-state index is 0.00139. The molecule has 0 radical (unpaired) electrons. The van der Waals surface area contributed by atoms with E-state index in [0.29, 0.717) is 5.92 Å². The van der Waals surface area contributed by atoms with Crippen molar-refractivity contribution in [3.05, 3.63) is 57.8 Å². The molecule has 0 bridgehead atoms. The molecule has 0 aliphatic carbocycles. The summed E-state index contributed by atoms with van der Waals surface area (Å²) in [4.78, 5) is 24.6. The Kier molecular flexibility index (Phi) is 7.36. The van der Waals surface area contributed by atoms with Crippen molar-refractivity contribution in [1.29, 1.82) is 0 Å². The van der Waals surface area contributed by atoms with Crippen molar-refractivity contribution >= 4 is 23.3 Å². The monoisotopic (exact) mass is 375 g/mol. The van der Waals surface area contributed by atoms with Gasteiger partial charge in [-0.3, -0.25) is 10.1 Å². The Morgan fingerprint density at radius 2 is 1.85 bits per heavy atom. The predicted octanol–water partition coefficient (Wildman–Crippen LogP) is 2.87. The summed E-state index contributed by atoms with van der Waals surface area (Å²) >= 11 is 1.66. The molecule has 0 saturated heterocycles. The summed E-state index contributed by atoms with van der Waals surface area (Å²) in [5.41, 5.74) is 2.45. The number of alkyl carbamates (subject to hydrolysis) is 1. The third-order valence-electron chi connectivity index (χ3n) is 4.14. The van der Waals surface area contributed by atoms with Gasteiger partial charge < -0.3 is 10.1 Å². The standard InChI is InChI=1S/C20H26N2O3S/c1-13(2)12-15-7-9-16(10-8-15)18(17-6-5-11-26-17)21-14(3)19(23)22-20(24)25-4/h5-11,13-14,18,21H,12H2,1-4H3,(H,22,23,24)/p+1/t14-,18-/m0/s1. The molecule has 26 heavy (non-hydrogen) atoms. The number of amides is 2. The number of thiophene rings is 1. The van der Waals surface area contributed by atoms with Gasteiger partial charge in [-0.05, 0) is 36.3 Å². The summed E-state index contributed by atoms with van der Waals surface area (Å²) in [7, 11) is 1.24. The van der Waals surface area contributed by atoms with Gasteiger partial charge in [0.25, 0.3) is 5.91 Å². The summed E-state index contributed by atoms with van der Waals surface area (Å²) in [6.07, 6.45) is 0.312. The molecule has 1 heterocycles. The van der Waals surface area contributed by atoms with Crippen LogP contribution in [0.2, 0.25) is 0 Å². The lowest BCUT2D eigenvalue weighted by Gasteiger charge is -2.19. The lowest BCUT2D eigenvalue weighted by Crippen LogP contribution is -2.92. The molecule has 6 heteroatoms. The third kappa shape index (κ3) is 5.68. The highest BCUT2D eigenvalue weighted by atomic mass is 32.1. The Morgan fingerprint density at radius 1 is 1.15 bits per heavy atom. The Balaban J connectivity index is 2.17. The maximum absolute atomic E-state index is 12.2. The van der Waals surface area contributed by atoms with Crippen LogP contribution in [0.15, 0.2) is 41.8 Å². The molecule has 1 aromatic carbocycles. The number of carbonyl (C=O) groups is 2. The number of carbonyl (C=O) groups excluding carboxylic acids is 2. The van der Waals surface area contributed by atoms with E-state index in [4.69, 9.17) is 0 Å². The average Bonchev–Trinajstić information content (AvgIpc) is 3.14. The zero-order valence-electron chi connectivity index (χ0n) is 15.7. The van der Waals surface area contributed by atoms with Gasteiger partial charge in [0.2, 0.25) is 0 Å². The molecule has 0 aliphatic rings. The average molecular weight is 376 g/mol. The Labute approximate surface area is 158 Å². The summed E-state index contributed by atoms with van der Waals surface area (Å²) in [6.45, 7) is 6.20. The van der Waals surface area contributed by atoms with Crippen molar-refractivity contribution in [3.8, 4) is 0 Å². The molecule has 0 saturated carbocycles. The molecular weight excluding hydrogens is 348 g/mol. The largest absolute Gasteiger partial charge is 0.453 e. The fourth-order valence-electron chi connectivity index (χ4n) is 2.81. The molecule has 2 atom stereocenters. The van der Waals surface area contributed by atoms with Crippen LogP contribution in [-0.4, -0.2) is 25.2 Å². The number of rotatable bonds is 7. The van der Waals surface area contributed by atoms with Gasteiger partial charge >= 0.3 is 6.09 Å². The fourth-order valence-corrected chi connectivity index (χ4v) is 3.65. The summed E-state index contributed by atoms with van der Waals surface area (Å²) in [5, 5.41) is 6.24. The van der Waals surface area contributed by atoms with Crippen molar-refractivity contribution in [1.82, 2.24) is 5.32 Å². The first-order valence-corrected chi connectivity index (χ1v) is 9.64. The number of quaternary nitrogens is 1. The highest BCUT2D eigenvalue weighted by molar-refractivity contribution is 7.10. The van der Waals surface area contributed by atoms with Crippen LogP contribution in [0.1, 0.15) is 42.8 Å². The van der Waals surface area contributed by atoms with E-state index >= 15 is 0 Å². The van der Waals surface area contributed by atoms with Gasteiger partial charge in [0.1, 0.15) is 6.04 Å². The first-order valence-electron chi connectivity index (χ1n) is 8.76. The van der Waals surface area contributed by atoms with Crippen LogP contribution in [0.25, 0.3) is 0 Å². The van der Waals surface area contributed by atoms with E-state index in [1.165, 1.54) is 17.6 Å². The van der Waals surface area contributed by atoms with E-state index in [0.717, 1.165) is 12.0 Å². The Bertz CT molecular complexity index is 711. The topological polar surface area (TPSA) is 72.0 Å². The Hall–Kier alpha value is -2.18. The zero-order valence-corrected chi connectivity index (χ0v) is 16.5. The Morgan fingerprint density at radius 3 is 2.38 bits per heavy atom. The van der Waals surface area contributed by atoms with Crippen LogP contribution >= 0.6 is 11.3 Å². The van der Waals surface area contributed by atoms with Crippen molar-refractivity contribution in [2.24, 2.45) is 5.92 Å². The van der Waals surface area contributed by atoms with Crippen LogP contribution in [0, 0.1) is 5.92 Å². The summed E-state index contributed by atoms with van der Waals surface area (Å²) < 4.78 is 4.49. The van der Waals surface area contributed by atoms with Gasteiger partial charge in [-0.2, -0.15) is 0 Å². The third-order valence-corrected chi connectivity index (χ3v) is 5.09. The van der Waals surface area contributed by atoms with Crippen molar-refractivity contribution < 1.29 is 19.6 Å². The summed E-state index contributed by atoms with van der Waals surface area (Å²) in [5.74, 6) is 0.248. The van der Waals surface area contributed by atoms with E-state index < -0.39 is 12.1 Å². The second kappa shape index (κ2) is 9.50. The maximum Gasteiger partial charge on any atom is 0.413 e. The van der Waals surface area contributed by atoms with E-state index in [9.17, 15) is 9.59 Å². The molecule has 2 rings (SSSR count). The van der Waals surface area contributed by atoms with Crippen LogP contribution in [0.3, 0.4) is 0 Å². The predicted molar refractivity (Wildman–Crippen MR) is 103 cm³/mol. The smallest absolute Gasteiger partial charge is 0.413 e. The molecule has 5 nitrogen and oxygen atoms in total. The van der Waals surface area contributed by atoms with Crippen molar-refractivity contribution in [2.45, 2.75) is 39.3 Å². The van der Waals surface area contributed by atoms with E-state index in [-0.39, 0.29) is 11.9 Å². The number of hydrogen-bond donors (Lipinski definition) is 2. The van der Waals surface area contributed by atoms with Gasteiger partial charge in [0, 0.05) is 5.56 Å². The highest BCUT2D eigenvalue weighted by Crippen LogP contribution is 2.23. The second-order valence-corrected chi connectivity index (χ2v) is 7.77. The van der Waals surface area contributed by atoms with Gasteiger partial charge in [0.05, 0.1) is 12.0 Å². The van der Waals surface area contributed by atoms with Crippen LogP contribution in [0.5, 0.6) is 0 Å². The molecule has 0 fully saturated rings. The first-order chi connectivity index (χ1) is 12.4. The molecule has 2 aromatic rings. The van der Waals surface area contributed by atoms with Gasteiger partial charge in [-0.25, -0.2) is 4.79 Å². The zero-order chi connectivity index (χ0) is 19.1. The molecule has 0 spiro atoms. The molecule has 140 valence electrons. The quantitative estimate of drug-likeness (QED) is 0.782. The molecular formula is C20H27N2O3S+. The first kappa shape index (κ1) is 20.1. The van der Waals surface area contributed by atoms with Crippen molar-refractivity contribution in [2.75, 3.05) is 7.11 Å². The number of imide groups is 1. The molecule has 0 aliphatic heterocycles. The van der Waals surface area contributed by atoms with E-state index in [2.05, 4.69) is 54.2 Å². The lowest BCUT2D eigenvalue weighted by atomic mass is 9.98. The number of benzene rings is 1. The van der Waals surface area contributed by atoms with Crippen LogP contribution in [0.4, 0.5) is 4.79 Å². The van der Waals surface area contributed by atoms with E-state index in [1.54, 1.807) is 18.3 Å². The summed E-state index contributed by atoms with van der Waals surface area (Å²) in [6, 6.07) is 12.2. The number of hydrogen-bond acceptors (Lipinski definition) is 4. The van der Waals surface area contributed by atoms with Gasteiger partial charge in [0.15, 0.2) is 6.04 Å². The molecule has 1 aromatic heterocycles. The molecule has 0 unspecified atom stereocenters. The minimum Gasteiger partial charge on any atom is -0.453 e. The van der Waals surface area contributed by atoms with Gasteiger partial charge in [-0.1, -0.05) is 44.2 Å². The highest BCUT2D eigenvalue weighted by Gasteiger charge is 2.26. The van der Waals surface area contributed by atoms with E-state index in [1.807, 2.05) is 16.8 Å². The normalized spacial score (nSPS) is 13.3. The number of methoxy groups -OCH3 is 1. The molecule has 2 amide bonds. The number of ether oxygens (including phenoxy) is 1. The number of nitrogens with one attached hydrogen (secondary N) is 1. The van der Waals surface area contributed by atoms with Crippen LogP contribution < -0.4 is 10.6 Å². The fraction of sp³-hybridized carbons (Fsp3) is 0.400.